The number of phenolic OH excluding ortho intramolecular Hbond substituents is 1. The van der Waals surface area contributed by atoms with Crippen molar-refractivity contribution < 1.29 is 73.3 Å². The molecule has 0 amide bonds. The van der Waals surface area contributed by atoms with Crippen LogP contribution in [0.15, 0.2) is 45.6 Å². The third-order valence-electron chi connectivity index (χ3n) is 4.05. The van der Waals surface area contributed by atoms with E-state index in [1.54, 1.807) is 20.2 Å². The summed E-state index contributed by atoms with van der Waals surface area (Å²) < 4.78 is 8.55. The van der Waals surface area contributed by atoms with Crippen LogP contribution in [-0.2, 0) is 45.7 Å². The minimum Gasteiger partial charge on any atom is -0.674 e. The van der Waals surface area contributed by atoms with Crippen molar-refractivity contribution in [1.29, 1.82) is 0 Å². The molecule has 0 fully saturated rings. The molecule has 11 heteroatoms. The van der Waals surface area contributed by atoms with E-state index in [4.69, 9.17) is 27.5 Å². The van der Waals surface area contributed by atoms with Gasteiger partial charge in [0.05, 0.1) is 10.7 Å². The number of anilines is 1. The summed E-state index contributed by atoms with van der Waals surface area (Å²) in [6.45, 7) is 5.73. The Hall–Kier alpha value is -0.0742. The molecule has 0 aliphatic rings. The minimum atomic E-state index is -0.511. The van der Waals surface area contributed by atoms with Crippen LogP contribution in [0.4, 0.5) is 5.69 Å². The van der Waals surface area contributed by atoms with Crippen molar-refractivity contribution in [3.05, 3.63) is 86.5 Å². The van der Waals surface area contributed by atoms with E-state index in [0.29, 0.717) is 28.1 Å². The fourth-order valence-corrected chi connectivity index (χ4v) is 3.57. The molecule has 0 unspecified atom stereocenters. The number of hydrogen-bond acceptors (Lipinski definition) is 6. The standard InChI is InChI=1S/C19H18ClN2O3S.2C2H6N.U.Y/c1-2-26-22-16-5-3-4-11(18(16)20)8-14-15(10-21)13-7-6-12(23)9-17(13)25-19(14)24;1-3-2;1-2-3;;/h3-7,9,21-23H,2,8,10H2,1H3;1-2H3;1-3H2;;/q3*-1;+2;. The molecule has 3 rings (SSSR count). The minimum absolute atomic E-state index is 0. The number of nitrogens with two attached hydrogens (primary N) is 1. The summed E-state index contributed by atoms with van der Waals surface area (Å²) in [5.41, 5.74) is 15.0. The van der Waals surface area contributed by atoms with Gasteiger partial charge >= 0.3 is 36.7 Å². The molecule has 0 aliphatic heterocycles. The van der Waals surface area contributed by atoms with Crippen molar-refractivity contribution in [2.75, 3.05) is 31.1 Å². The normalized spacial score (nSPS) is 9.50. The van der Waals surface area contributed by atoms with Crippen LogP contribution in [0.2, 0.25) is 5.02 Å². The maximum Gasteiger partial charge on any atom is 2.00 e. The third-order valence-corrected chi connectivity index (χ3v) is 5.15. The van der Waals surface area contributed by atoms with E-state index >= 15 is 0 Å². The largest absolute Gasteiger partial charge is 2.00 e. The summed E-state index contributed by atoms with van der Waals surface area (Å²) >= 11 is 8.03. The molecule has 1 aromatic heterocycles. The maximum absolute atomic E-state index is 12.5. The van der Waals surface area contributed by atoms with E-state index < -0.39 is 5.63 Å². The molecule has 7 nitrogen and oxygen atoms in total. The van der Waals surface area contributed by atoms with E-state index in [2.05, 4.69) is 17.0 Å². The van der Waals surface area contributed by atoms with Crippen LogP contribution in [0.5, 0.6) is 5.75 Å². The monoisotopic (exact) mass is 804 g/mol. The van der Waals surface area contributed by atoms with Gasteiger partial charge in [-0.25, -0.2) is 4.79 Å². The number of halogens is 1. The van der Waals surface area contributed by atoms with E-state index in [1.807, 2.05) is 25.1 Å². The van der Waals surface area contributed by atoms with E-state index in [-0.39, 0.29) is 88.1 Å². The number of aromatic hydroxyl groups is 1. The second kappa shape index (κ2) is 20.0. The quantitative estimate of drug-likeness (QED) is 0.165. The Morgan fingerprint density at radius 2 is 1.88 bits per heavy atom. The molecule has 0 aliphatic carbocycles. The van der Waals surface area contributed by atoms with Crippen molar-refractivity contribution in [2.24, 2.45) is 5.73 Å². The second-order valence-corrected chi connectivity index (χ2v) is 7.88. The van der Waals surface area contributed by atoms with Gasteiger partial charge in [0.2, 0.25) is 0 Å². The predicted molar refractivity (Wildman–Crippen MR) is 138 cm³/mol. The Balaban J connectivity index is 0. The molecule has 181 valence electrons. The van der Waals surface area contributed by atoms with Gasteiger partial charge in [0.15, 0.2) is 0 Å². The summed E-state index contributed by atoms with van der Waals surface area (Å²) in [7, 11) is 3.50. The average Bonchev–Trinajstić information content (AvgIpc) is 2.76. The molecule has 0 atom stereocenters. The zero-order chi connectivity index (χ0) is 24.1. The zero-order valence-corrected chi connectivity index (χ0v) is 28.2. The molecule has 5 N–H and O–H groups in total. The molecular weight excluding hydrogens is 775 g/mol. The summed E-state index contributed by atoms with van der Waals surface area (Å²) in [6, 6.07) is 10.2. The Morgan fingerprint density at radius 1 is 1.26 bits per heavy atom. The van der Waals surface area contributed by atoms with Gasteiger partial charge in [-0.3, -0.25) is 0 Å². The summed E-state index contributed by atoms with van der Waals surface area (Å²) in [5.74, 6) is 0.907. The van der Waals surface area contributed by atoms with E-state index in [1.165, 1.54) is 24.1 Å². The number of hydrogen-bond donors (Lipinski definition) is 3. The second-order valence-electron chi connectivity index (χ2n) is 6.43. The SMILES string of the molecule is CCSNc1cccc(Cc2c(C[NH-])c3ccc(O)cc3oc2=O)c1Cl.C[N-]C.[CH2-]CN.[U+2].[Y]. The number of benzene rings is 2. The molecule has 3 aromatic rings. The predicted octanol–water partition coefficient (Wildman–Crippen LogP) is 5.77. The Labute approximate surface area is 259 Å². The fraction of sp³-hybridized carbons (Fsp3) is 0.304. The van der Waals surface area contributed by atoms with Gasteiger partial charge in [0.1, 0.15) is 11.3 Å². The van der Waals surface area contributed by atoms with Crippen molar-refractivity contribution >= 4 is 40.2 Å². The third kappa shape index (κ3) is 10.9. The van der Waals surface area contributed by atoms with Crippen LogP contribution < -0.4 is 16.1 Å². The molecule has 34 heavy (non-hydrogen) atoms. The van der Waals surface area contributed by atoms with Gasteiger partial charge in [-0.15, -0.1) is 13.1 Å². The first-order chi connectivity index (χ1) is 15.4. The molecule has 0 saturated carbocycles. The van der Waals surface area contributed by atoms with Crippen LogP contribution >= 0.6 is 23.5 Å². The van der Waals surface area contributed by atoms with Crippen molar-refractivity contribution in [3.63, 3.8) is 0 Å². The van der Waals surface area contributed by atoms with Crippen LogP contribution in [-0.4, -0.2) is 31.5 Å². The van der Waals surface area contributed by atoms with Crippen molar-refractivity contribution in [3.8, 4) is 5.75 Å². The Morgan fingerprint density at radius 3 is 2.44 bits per heavy atom. The molecule has 0 bridgehead atoms. The smallest absolute Gasteiger partial charge is 0.674 e. The number of fused-ring (bicyclic) bond motifs is 1. The summed E-state index contributed by atoms with van der Waals surface area (Å²) in [6.07, 6.45) is 0.276. The zero-order valence-electron chi connectivity index (χ0n) is 19.7. The summed E-state index contributed by atoms with van der Waals surface area (Å²) in [4.78, 5) is 12.5. The molecule has 0 spiro atoms. The first-order valence-electron chi connectivity index (χ1n) is 9.92. The van der Waals surface area contributed by atoms with Gasteiger partial charge in [0.25, 0.3) is 0 Å². The van der Waals surface area contributed by atoms with Gasteiger partial charge < -0.3 is 38.0 Å². The number of nitrogens with one attached hydrogen (secondary N) is 2. The average molecular weight is 805 g/mol. The Kier molecular flexibility index (Phi) is 21.3. The number of phenols is 1. The maximum atomic E-state index is 12.5. The first-order valence-corrected chi connectivity index (χ1v) is 11.3. The van der Waals surface area contributed by atoms with Gasteiger partial charge in [0, 0.05) is 61.9 Å². The van der Waals surface area contributed by atoms with E-state index in [0.717, 1.165) is 17.0 Å². The van der Waals surface area contributed by atoms with Gasteiger partial charge in [-0.05, 0) is 29.3 Å². The van der Waals surface area contributed by atoms with Crippen molar-refractivity contribution in [2.45, 2.75) is 19.9 Å². The fourth-order valence-electron chi connectivity index (χ4n) is 2.81. The van der Waals surface area contributed by atoms with Crippen LogP contribution in [0, 0.1) is 38.0 Å². The summed E-state index contributed by atoms with van der Waals surface area (Å²) in [5, 5.41) is 14.3. The van der Waals surface area contributed by atoms with Crippen molar-refractivity contribution in [1.82, 2.24) is 0 Å². The first kappa shape index (κ1) is 36.1. The van der Waals surface area contributed by atoms with Crippen LogP contribution in [0.3, 0.4) is 0 Å². The van der Waals surface area contributed by atoms with E-state index in [9.17, 15) is 9.90 Å². The Bertz CT molecular complexity index is 1050. The number of nitrogens with zero attached hydrogens (tertiary/aromatic N) is 1. The number of rotatable bonds is 6. The van der Waals surface area contributed by atoms with Gasteiger partial charge in [-0.1, -0.05) is 42.6 Å². The topological polar surface area (TPSA) is 126 Å². The molecule has 1 radical (unpaired) electrons. The molecule has 0 saturated heterocycles. The van der Waals surface area contributed by atoms with Crippen LogP contribution in [0.25, 0.3) is 22.0 Å². The molecule has 1 heterocycles. The molecule has 2 aromatic carbocycles. The van der Waals surface area contributed by atoms with Crippen LogP contribution in [0.1, 0.15) is 23.6 Å². The molecular formula is C23H30ClN4O3SUY-. The van der Waals surface area contributed by atoms with Gasteiger partial charge in [-0.2, -0.15) is 14.1 Å².